The number of nitrogens with zero attached hydrogens (tertiary/aromatic N) is 1. The van der Waals surface area contributed by atoms with Gasteiger partial charge in [-0.3, -0.25) is 4.90 Å². The number of rotatable bonds is 3. The van der Waals surface area contributed by atoms with E-state index >= 15 is 0 Å². The summed E-state index contributed by atoms with van der Waals surface area (Å²) < 4.78 is 0. The Morgan fingerprint density at radius 1 is 0.280 bits per heavy atom. The minimum atomic E-state index is 0.925. The highest BCUT2D eigenvalue weighted by molar-refractivity contribution is 4.87. The molecule has 146 valence electrons. The molecule has 0 aliphatic heterocycles. The van der Waals surface area contributed by atoms with Crippen molar-refractivity contribution in [1.29, 1.82) is 0 Å². The third-order valence-corrected chi connectivity index (χ3v) is 7.49. The minimum Gasteiger partial charge on any atom is -0.294 e. The van der Waals surface area contributed by atoms with Gasteiger partial charge in [0.05, 0.1) is 0 Å². The fraction of sp³-hybridized carbons (Fsp3) is 1.00. The molecule has 0 heterocycles. The normalized spacial score (nSPS) is 27.7. The molecule has 0 unspecified atom stereocenters. The molecular formula is C24H45N. The molecule has 0 radical (unpaired) electrons. The SMILES string of the molecule is C1CCCC(N(C2CCCCCCC2)C2CCCCCCC2)CCC1. The third-order valence-electron chi connectivity index (χ3n) is 7.49. The van der Waals surface area contributed by atoms with E-state index in [2.05, 4.69) is 4.90 Å². The van der Waals surface area contributed by atoms with Crippen molar-refractivity contribution >= 4 is 0 Å². The van der Waals surface area contributed by atoms with E-state index in [4.69, 9.17) is 0 Å². The summed E-state index contributed by atoms with van der Waals surface area (Å²) in [5.41, 5.74) is 0. The van der Waals surface area contributed by atoms with Crippen LogP contribution in [0.4, 0.5) is 0 Å². The Balaban J connectivity index is 1.72. The second-order valence-electron chi connectivity index (χ2n) is 9.44. The summed E-state index contributed by atoms with van der Waals surface area (Å²) in [7, 11) is 0. The van der Waals surface area contributed by atoms with Crippen LogP contribution >= 0.6 is 0 Å². The van der Waals surface area contributed by atoms with E-state index in [0.717, 1.165) is 18.1 Å². The average molecular weight is 348 g/mol. The van der Waals surface area contributed by atoms with Crippen LogP contribution in [0.15, 0.2) is 0 Å². The van der Waals surface area contributed by atoms with E-state index in [0.29, 0.717) is 0 Å². The van der Waals surface area contributed by atoms with Crippen LogP contribution in [0.3, 0.4) is 0 Å². The highest BCUT2D eigenvalue weighted by Gasteiger charge is 2.32. The van der Waals surface area contributed by atoms with Gasteiger partial charge < -0.3 is 0 Å². The van der Waals surface area contributed by atoms with Crippen molar-refractivity contribution in [1.82, 2.24) is 4.90 Å². The van der Waals surface area contributed by atoms with Crippen LogP contribution in [0.2, 0.25) is 0 Å². The van der Waals surface area contributed by atoms with Crippen LogP contribution in [-0.2, 0) is 0 Å². The lowest BCUT2D eigenvalue weighted by atomic mass is 9.86. The van der Waals surface area contributed by atoms with Crippen molar-refractivity contribution in [2.24, 2.45) is 0 Å². The maximum atomic E-state index is 3.18. The topological polar surface area (TPSA) is 3.24 Å². The van der Waals surface area contributed by atoms with Gasteiger partial charge in [0.2, 0.25) is 0 Å². The van der Waals surface area contributed by atoms with Crippen molar-refractivity contribution < 1.29 is 0 Å². The zero-order valence-electron chi connectivity index (χ0n) is 17.0. The Labute approximate surface area is 158 Å². The Morgan fingerprint density at radius 2 is 0.480 bits per heavy atom. The molecule has 1 nitrogen and oxygen atoms in total. The summed E-state index contributed by atoms with van der Waals surface area (Å²) in [5.74, 6) is 0. The monoisotopic (exact) mass is 347 g/mol. The van der Waals surface area contributed by atoms with Crippen molar-refractivity contribution in [2.75, 3.05) is 0 Å². The molecule has 0 aromatic rings. The smallest absolute Gasteiger partial charge is 0.0101 e. The molecule has 0 aromatic carbocycles. The summed E-state index contributed by atoms with van der Waals surface area (Å²) in [6.45, 7) is 0. The maximum absolute atomic E-state index is 3.18. The van der Waals surface area contributed by atoms with Gasteiger partial charge in [-0.05, 0) is 38.5 Å². The van der Waals surface area contributed by atoms with E-state index in [9.17, 15) is 0 Å². The van der Waals surface area contributed by atoms with Gasteiger partial charge in [-0.25, -0.2) is 0 Å². The molecule has 3 fully saturated rings. The first-order valence-corrected chi connectivity index (χ1v) is 12.2. The molecule has 0 N–H and O–H groups in total. The standard InChI is InChI=1S/C24H45N/c1-4-10-16-22(17-11-5-1)25(23-18-12-6-2-7-13-19-23)24-20-14-8-3-9-15-21-24/h22-24H,1-21H2. The van der Waals surface area contributed by atoms with Crippen molar-refractivity contribution in [3.63, 3.8) is 0 Å². The second-order valence-corrected chi connectivity index (χ2v) is 9.44. The van der Waals surface area contributed by atoms with Crippen LogP contribution in [-0.4, -0.2) is 23.0 Å². The molecule has 0 spiro atoms. The van der Waals surface area contributed by atoms with Crippen LogP contribution in [0.25, 0.3) is 0 Å². The van der Waals surface area contributed by atoms with Crippen LogP contribution < -0.4 is 0 Å². The van der Waals surface area contributed by atoms with E-state index < -0.39 is 0 Å². The Hall–Kier alpha value is -0.0400. The van der Waals surface area contributed by atoms with E-state index in [-0.39, 0.29) is 0 Å². The average Bonchev–Trinajstić information content (AvgIpc) is 2.51. The lowest BCUT2D eigenvalue weighted by molar-refractivity contribution is 0.0355. The predicted molar refractivity (Wildman–Crippen MR) is 110 cm³/mol. The molecule has 3 aliphatic carbocycles. The Bertz CT molecular complexity index is 263. The Morgan fingerprint density at radius 3 is 0.720 bits per heavy atom. The lowest BCUT2D eigenvalue weighted by Crippen LogP contribution is -2.50. The van der Waals surface area contributed by atoms with Crippen LogP contribution in [0.5, 0.6) is 0 Å². The zero-order valence-corrected chi connectivity index (χ0v) is 17.0. The van der Waals surface area contributed by atoms with Gasteiger partial charge in [0.25, 0.3) is 0 Å². The van der Waals surface area contributed by atoms with Gasteiger partial charge in [0.1, 0.15) is 0 Å². The van der Waals surface area contributed by atoms with E-state index in [1.54, 1.807) is 0 Å². The molecule has 0 saturated heterocycles. The summed E-state index contributed by atoms with van der Waals surface area (Å²) in [4.78, 5) is 3.18. The molecule has 0 amide bonds. The zero-order chi connectivity index (χ0) is 17.2. The van der Waals surface area contributed by atoms with Crippen LogP contribution in [0, 0.1) is 0 Å². The molecule has 0 aromatic heterocycles. The number of hydrogen-bond donors (Lipinski definition) is 0. The van der Waals surface area contributed by atoms with Crippen molar-refractivity contribution in [3.05, 3.63) is 0 Å². The van der Waals surface area contributed by atoms with Crippen molar-refractivity contribution in [3.8, 4) is 0 Å². The fourth-order valence-electron chi connectivity index (χ4n) is 6.09. The first-order chi connectivity index (χ1) is 12.4. The van der Waals surface area contributed by atoms with Gasteiger partial charge in [-0.15, -0.1) is 0 Å². The highest BCUT2D eigenvalue weighted by atomic mass is 15.2. The predicted octanol–water partition coefficient (Wildman–Crippen LogP) is 7.63. The Kier molecular flexibility index (Phi) is 9.17. The molecule has 1 heteroatoms. The molecule has 3 aliphatic rings. The summed E-state index contributed by atoms with van der Waals surface area (Å²) in [6, 6.07) is 2.78. The first-order valence-electron chi connectivity index (χ1n) is 12.2. The molecule has 0 atom stereocenters. The molecule has 3 saturated carbocycles. The summed E-state index contributed by atoms with van der Waals surface area (Å²) in [5, 5.41) is 0. The van der Waals surface area contributed by atoms with Gasteiger partial charge >= 0.3 is 0 Å². The fourth-order valence-corrected chi connectivity index (χ4v) is 6.09. The number of hydrogen-bond acceptors (Lipinski definition) is 1. The second kappa shape index (κ2) is 11.6. The molecular weight excluding hydrogens is 302 g/mol. The van der Waals surface area contributed by atoms with Gasteiger partial charge in [-0.1, -0.05) is 96.3 Å². The van der Waals surface area contributed by atoms with E-state index in [1.807, 2.05) is 0 Å². The molecule has 0 bridgehead atoms. The largest absolute Gasteiger partial charge is 0.294 e. The van der Waals surface area contributed by atoms with Gasteiger partial charge in [0.15, 0.2) is 0 Å². The molecule has 3 rings (SSSR count). The van der Waals surface area contributed by atoms with E-state index in [1.165, 1.54) is 135 Å². The lowest BCUT2D eigenvalue weighted by Gasteiger charge is -2.46. The minimum absolute atomic E-state index is 0.925. The quantitative estimate of drug-likeness (QED) is 0.507. The third kappa shape index (κ3) is 6.56. The summed E-state index contributed by atoms with van der Waals surface area (Å²) in [6.07, 6.45) is 31.5. The highest BCUT2D eigenvalue weighted by Crippen LogP contribution is 2.34. The maximum Gasteiger partial charge on any atom is 0.0101 e. The molecule has 25 heavy (non-hydrogen) atoms. The first kappa shape index (κ1) is 19.7. The summed E-state index contributed by atoms with van der Waals surface area (Å²) >= 11 is 0. The van der Waals surface area contributed by atoms with Gasteiger partial charge in [-0.2, -0.15) is 0 Å². The van der Waals surface area contributed by atoms with Crippen molar-refractivity contribution in [2.45, 2.75) is 153 Å². The van der Waals surface area contributed by atoms with Crippen LogP contribution in [0.1, 0.15) is 135 Å². The van der Waals surface area contributed by atoms with Gasteiger partial charge in [0, 0.05) is 18.1 Å².